The topological polar surface area (TPSA) is 18.5 Å². The van der Waals surface area contributed by atoms with E-state index in [-0.39, 0.29) is 11.7 Å². The van der Waals surface area contributed by atoms with E-state index in [1.54, 1.807) is 0 Å². The molecule has 0 aliphatic carbocycles. The van der Waals surface area contributed by atoms with Gasteiger partial charge in [-0.2, -0.15) is 0 Å². The predicted molar refractivity (Wildman–Crippen MR) is 49.3 cm³/mol. The second kappa shape index (κ2) is 3.75. The van der Waals surface area contributed by atoms with Crippen molar-refractivity contribution in [1.82, 2.24) is 0 Å². The van der Waals surface area contributed by atoms with Crippen molar-refractivity contribution in [3.8, 4) is 0 Å². The highest BCUT2D eigenvalue weighted by Crippen LogP contribution is 2.21. The molecule has 1 rings (SSSR count). The SMILES string of the molecule is CC(OC(C)(C)C)C1CCCO1. The Balaban J connectivity index is 2.31. The first-order chi connectivity index (χ1) is 5.49. The van der Waals surface area contributed by atoms with Crippen LogP contribution in [0.1, 0.15) is 40.5 Å². The molecule has 1 fully saturated rings. The molecule has 0 spiro atoms. The maximum absolute atomic E-state index is 5.80. The lowest BCUT2D eigenvalue weighted by atomic mass is 10.1. The molecule has 0 bridgehead atoms. The first kappa shape index (κ1) is 10.0. The van der Waals surface area contributed by atoms with Gasteiger partial charge in [0.2, 0.25) is 0 Å². The molecule has 2 atom stereocenters. The fourth-order valence-electron chi connectivity index (χ4n) is 1.61. The van der Waals surface area contributed by atoms with Crippen LogP contribution in [-0.4, -0.2) is 24.4 Å². The summed E-state index contributed by atoms with van der Waals surface area (Å²) in [6, 6.07) is 0. The molecule has 0 radical (unpaired) electrons. The lowest BCUT2D eigenvalue weighted by Gasteiger charge is -2.28. The fraction of sp³-hybridized carbons (Fsp3) is 1.00. The summed E-state index contributed by atoms with van der Waals surface area (Å²) in [6.07, 6.45) is 2.89. The summed E-state index contributed by atoms with van der Waals surface area (Å²) in [5, 5.41) is 0. The van der Waals surface area contributed by atoms with Gasteiger partial charge in [-0.3, -0.25) is 0 Å². The third-order valence-corrected chi connectivity index (χ3v) is 2.03. The first-order valence-corrected chi connectivity index (χ1v) is 4.78. The van der Waals surface area contributed by atoms with Gasteiger partial charge < -0.3 is 9.47 Å². The zero-order valence-electron chi connectivity index (χ0n) is 8.59. The molecular formula is C10H20O2. The number of ether oxygens (including phenoxy) is 2. The van der Waals surface area contributed by atoms with E-state index in [4.69, 9.17) is 9.47 Å². The fourth-order valence-corrected chi connectivity index (χ4v) is 1.61. The van der Waals surface area contributed by atoms with Crippen molar-refractivity contribution in [1.29, 1.82) is 0 Å². The van der Waals surface area contributed by atoms with Gasteiger partial charge in [0.05, 0.1) is 17.8 Å². The highest BCUT2D eigenvalue weighted by atomic mass is 16.6. The molecule has 1 heterocycles. The monoisotopic (exact) mass is 172 g/mol. The van der Waals surface area contributed by atoms with Crippen molar-refractivity contribution in [3.05, 3.63) is 0 Å². The van der Waals surface area contributed by atoms with Gasteiger partial charge in [-0.25, -0.2) is 0 Å². The molecule has 12 heavy (non-hydrogen) atoms. The molecule has 1 aliphatic heterocycles. The smallest absolute Gasteiger partial charge is 0.0835 e. The van der Waals surface area contributed by atoms with E-state index >= 15 is 0 Å². The van der Waals surface area contributed by atoms with E-state index in [0.29, 0.717) is 6.10 Å². The van der Waals surface area contributed by atoms with Crippen LogP contribution in [-0.2, 0) is 9.47 Å². The zero-order chi connectivity index (χ0) is 9.19. The molecule has 0 N–H and O–H groups in total. The lowest BCUT2D eigenvalue weighted by Crippen LogP contribution is -2.33. The molecule has 0 aromatic rings. The Morgan fingerprint density at radius 2 is 2.08 bits per heavy atom. The molecular weight excluding hydrogens is 152 g/mol. The summed E-state index contributed by atoms with van der Waals surface area (Å²) < 4.78 is 11.3. The highest BCUT2D eigenvalue weighted by molar-refractivity contribution is 4.74. The van der Waals surface area contributed by atoms with Gasteiger partial charge in [-0.1, -0.05) is 0 Å². The molecule has 0 aromatic carbocycles. The van der Waals surface area contributed by atoms with Crippen LogP contribution in [0.3, 0.4) is 0 Å². The molecule has 1 saturated heterocycles. The molecule has 2 heteroatoms. The van der Waals surface area contributed by atoms with Crippen molar-refractivity contribution >= 4 is 0 Å². The molecule has 2 nitrogen and oxygen atoms in total. The average molecular weight is 172 g/mol. The second-order valence-corrected chi connectivity index (χ2v) is 4.49. The van der Waals surface area contributed by atoms with Crippen molar-refractivity contribution in [2.75, 3.05) is 6.61 Å². The van der Waals surface area contributed by atoms with Crippen molar-refractivity contribution in [2.45, 2.75) is 58.3 Å². The number of hydrogen-bond donors (Lipinski definition) is 0. The Bertz CT molecular complexity index is 131. The Hall–Kier alpha value is -0.0800. The Labute approximate surface area is 75.2 Å². The van der Waals surface area contributed by atoms with Crippen LogP contribution in [0.5, 0.6) is 0 Å². The summed E-state index contributed by atoms with van der Waals surface area (Å²) in [6.45, 7) is 9.25. The second-order valence-electron chi connectivity index (χ2n) is 4.49. The van der Waals surface area contributed by atoms with Gasteiger partial charge in [0.25, 0.3) is 0 Å². The standard InChI is InChI=1S/C10H20O2/c1-8(12-10(2,3)4)9-6-5-7-11-9/h8-9H,5-7H2,1-4H3. The lowest BCUT2D eigenvalue weighted by molar-refractivity contribution is -0.106. The van der Waals surface area contributed by atoms with E-state index in [2.05, 4.69) is 27.7 Å². The van der Waals surface area contributed by atoms with E-state index in [1.165, 1.54) is 6.42 Å². The largest absolute Gasteiger partial charge is 0.376 e. The minimum atomic E-state index is -0.0502. The Morgan fingerprint density at radius 3 is 2.50 bits per heavy atom. The highest BCUT2D eigenvalue weighted by Gasteiger charge is 2.26. The van der Waals surface area contributed by atoms with Gasteiger partial charge in [-0.05, 0) is 40.5 Å². The third-order valence-electron chi connectivity index (χ3n) is 2.03. The van der Waals surface area contributed by atoms with Crippen LogP contribution in [0.2, 0.25) is 0 Å². The maximum Gasteiger partial charge on any atom is 0.0835 e. The molecule has 2 unspecified atom stereocenters. The van der Waals surface area contributed by atoms with Gasteiger partial charge in [0, 0.05) is 6.61 Å². The van der Waals surface area contributed by atoms with E-state index in [0.717, 1.165) is 13.0 Å². The van der Waals surface area contributed by atoms with Crippen LogP contribution in [0.4, 0.5) is 0 Å². The molecule has 0 amide bonds. The Kier molecular flexibility index (Phi) is 3.13. The van der Waals surface area contributed by atoms with Crippen LogP contribution in [0.15, 0.2) is 0 Å². The van der Waals surface area contributed by atoms with E-state index in [1.807, 2.05) is 0 Å². The minimum absolute atomic E-state index is 0.0502. The summed E-state index contributed by atoms with van der Waals surface area (Å²) >= 11 is 0. The van der Waals surface area contributed by atoms with Gasteiger partial charge >= 0.3 is 0 Å². The van der Waals surface area contributed by atoms with E-state index < -0.39 is 0 Å². The van der Waals surface area contributed by atoms with Crippen molar-refractivity contribution in [3.63, 3.8) is 0 Å². The molecule has 72 valence electrons. The summed E-state index contributed by atoms with van der Waals surface area (Å²) in [5.74, 6) is 0. The van der Waals surface area contributed by atoms with Crippen LogP contribution >= 0.6 is 0 Å². The van der Waals surface area contributed by atoms with Gasteiger partial charge in [0.1, 0.15) is 0 Å². The van der Waals surface area contributed by atoms with Gasteiger partial charge in [0.15, 0.2) is 0 Å². The molecule has 0 saturated carbocycles. The number of hydrogen-bond acceptors (Lipinski definition) is 2. The van der Waals surface area contributed by atoms with Crippen molar-refractivity contribution in [2.24, 2.45) is 0 Å². The molecule has 0 aromatic heterocycles. The first-order valence-electron chi connectivity index (χ1n) is 4.78. The zero-order valence-corrected chi connectivity index (χ0v) is 8.59. The Morgan fingerprint density at radius 1 is 1.42 bits per heavy atom. The van der Waals surface area contributed by atoms with Crippen LogP contribution < -0.4 is 0 Å². The quantitative estimate of drug-likeness (QED) is 0.636. The minimum Gasteiger partial charge on any atom is -0.376 e. The summed E-state index contributed by atoms with van der Waals surface area (Å²) in [5.41, 5.74) is -0.0502. The summed E-state index contributed by atoms with van der Waals surface area (Å²) in [4.78, 5) is 0. The predicted octanol–water partition coefficient (Wildman–Crippen LogP) is 2.37. The van der Waals surface area contributed by atoms with Crippen molar-refractivity contribution < 1.29 is 9.47 Å². The third kappa shape index (κ3) is 3.11. The summed E-state index contributed by atoms with van der Waals surface area (Å²) in [7, 11) is 0. The maximum atomic E-state index is 5.80. The van der Waals surface area contributed by atoms with Gasteiger partial charge in [-0.15, -0.1) is 0 Å². The molecule has 1 aliphatic rings. The van der Waals surface area contributed by atoms with Crippen LogP contribution in [0.25, 0.3) is 0 Å². The van der Waals surface area contributed by atoms with E-state index in [9.17, 15) is 0 Å². The normalized spacial score (nSPS) is 27.5. The average Bonchev–Trinajstić information content (AvgIpc) is 2.32. The van der Waals surface area contributed by atoms with Crippen LogP contribution in [0, 0.1) is 0 Å². The number of rotatable bonds is 2.